The molecule has 2 heterocycles. The molecule has 1 N–H and O–H groups in total. The largest absolute Gasteiger partial charge is 0.419 e. The van der Waals surface area contributed by atoms with Crippen LogP contribution in [0, 0.1) is 0 Å². The Labute approximate surface area is 134 Å². The molecule has 1 aliphatic rings. The monoisotopic (exact) mass is 321 g/mol. The molecule has 0 unspecified atom stereocenters. The third kappa shape index (κ3) is 3.50. The van der Waals surface area contributed by atoms with E-state index < -0.39 is 0 Å². The molecule has 2 aromatic rings. The van der Waals surface area contributed by atoms with Gasteiger partial charge in [-0.25, -0.2) is 4.79 Å². The van der Waals surface area contributed by atoms with Crippen molar-refractivity contribution in [1.29, 1.82) is 0 Å². The third-order valence-corrected chi connectivity index (χ3v) is 5.18. The Bertz CT molecular complexity index is 686. The minimum absolute atomic E-state index is 0.276. The number of hydrogen-bond acceptors (Lipinski definition) is 5. The number of aromatic nitrogens is 1. The van der Waals surface area contributed by atoms with Gasteiger partial charge in [0.05, 0.1) is 5.52 Å². The van der Waals surface area contributed by atoms with E-state index in [1.165, 1.54) is 18.6 Å². The molecule has 0 amide bonds. The Morgan fingerprint density at radius 3 is 3.05 bits per heavy atom. The molecule has 0 saturated carbocycles. The molecule has 1 aromatic heterocycles. The molecule has 0 bridgehead atoms. The molecule has 1 saturated heterocycles. The van der Waals surface area contributed by atoms with E-state index in [1.54, 1.807) is 4.57 Å². The van der Waals surface area contributed by atoms with Crippen molar-refractivity contribution in [2.45, 2.75) is 25.4 Å². The van der Waals surface area contributed by atoms with Crippen LogP contribution in [0.25, 0.3) is 11.1 Å². The fraction of sp³-hybridized carbons (Fsp3) is 0.562. The zero-order chi connectivity index (χ0) is 15.5. The van der Waals surface area contributed by atoms with Crippen molar-refractivity contribution in [1.82, 2.24) is 9.47 Å². The number of oxazole rings is 1. The number of anilines is 1. The molecule has 3 rings (SSSR count). The lowest BCUT2D eigenvalue weighted by Crippen LogP contribution is -2.25. The molecule has 1 aliphatic heterocycles. The van der Waals surface area contributed by atoms with Gasteiger partial charge in [0, 0.05) is 30.6 Å². The summed E-state index contributed by atoms with van der Waals surface area (Å²) >= 11 is 2.00. The summed E-state index contributed by atoms with van der Waals surface area (Å²) in [6.07, 6.45) is 2.48. The van der Waals surface area contributed by atoms with Gasteiger partial charge in [-0.2, -0.15) is 11.8 Å². The standard InChI is InChI=1S/C16H23N3O2S/c1-18(2)7-8-19-14-10-12(5-6-15(14)21-16(19)20)17-13-4-3-9-22-11-13/h5-6,10,13,17H,3-4,7-9,11H2,1-2H3/t13-/m1/s1. The van der Waals surface area contributed by atoms with Crippen molar-refractivity contribution < 1.29 is 4.42 Å². The van der Waals surface area contributed by atoms with E-state index in [-0.39, 0.29) is 5.76 Å². The van der Waals surface area contributed by atoms with Gasteiger partial charge in [-0.15, -0.1) is 0 Å². The molecular weight excluding hydrogens is 298 g/mol. The number of nitrogens with zero attached hydrogens (tertiary/aromatic N) is 2. The van der Waals surface area contributed by atoms with Crippen molar-refractivity contribution in [3.8, 4) is 0 Å². The second-order valence-corrected chi connectivity index (χ2v) is 7.21. The highest BCUT2D eigenvalue weighted by atomic mass is 32.2. The Hall–Kier alpha value is -1.40. The predicted octanol–water partition coefficient (Wildman–Crippen LogP) is 2.46. The minimum Gasteiger partial charge on any atom is -0.408 e. The summed E-state index contributed by atoms with van der Waals surface area (Å²) in [5.41, 5.74) is 2.60. The lowest BCUT2D eigenvalue weighted by atomic mass is 10.1. The van der Waals surface area contributed by atoms with Crippen molar-refractivity contribution >= 4 is 28.5 Å². The van der Waals surface area contributed by atoms with Gasteiger partial charge in [-0.05, 0) is 50.9 Å². The van der Waals surface area contributed by atoms with Crippen LogP contribution in [0.5, 0.6) is 0 Å². The van der Waals surface area contributed by atoms with E-state index in [4.69, 9.17) is 4.42 Å². The number of likely N-dealkylation sites (N-methyl/N-ethyl adjacent to an activating group) is 1. The van der Waals surface area contributed by atoms with Gasteiger partial charge in [0.2, 0.25) is 0 Å². The first-order valence-electron chi connectivity index (χ1n) is 7.76. The van der Waals surface area contributed by atoms with Gasteiger partial charge in [0.15, 0.2) is 5.58 Å². The van der Waals surface area contributed by atoms with Crippen molar-refractivity contribution in [3.63, 3.8) is 0 Å². The summed E-state index contributed by atoms with van der Waals surface area (Å²) in [6, 6.07) is 6.45. The Morgan fingerprint density at radius 2 is 2.32 bits per heavy atom. The van der Waals surface area contributed by atoms with Crippen LogP contribution in [-0.4, -0.2) is 47.7 Å². The number of fused-ring (bicyclic) bond motifs is 1. The highest BCUT2D eigenvalue weighted by Crippen LogP contribution is 2.23. The second-order valence-electron chi connectivity index (χ2n) is 6.06. The predicted molar refractivity (Wildman–Crippen MR) is 93.0 cm³/mol. The van der Waals surface area contributed by atoms with Crippen LogP contribution in [0.1, 0.15) is 12.8 Å². The van der Waals surface area contributed by atoms with E-state index in [9.17, 15) is 4.79 Å². The normalized spacial score (nSPS) is 19.0. The second kappa shape index (κ2) is 6.79. The highest BCUT2D eigenvalue weighted by molar-refractivity contribution is 7.99. The van der Waals surface area contributed by atoms with Crippen LogP contribution in [0.2, 0.25) is 0 Å². The quantitative estimate of drug-likeness (QED) is 0.917. The molecular formula is C16H23N3O2S. The van der Waals surface area contributed by atoms with Gasteiger partial charge in [-0.3, -0.25) is 4.57 Å². The van der Waals surface area contributed by atoms with Gasteiger partial charge in [-0.1, -0.05) is 0 Å². The number of benzene rings is 1. The highest BCUT2D eigenvalue weighted by Gasteiger charge is 2.15. The maximum absolute atomic E-state index is 12.0. The molecule has 0 radical (unpaired) electrons. The summed E-state index contributed by atoms with van der Waals surface area (Å²) in [5.74, 6) is 2.14. The van der Waals surface area contributed by atoms with Crippen molar-refractivity contribution in [2.24, 2.45) is 0 Å². The van der Waals surface area contributed by atoms with E-state index in [0.29, 0.717) is 18.2 Å². The Balaban J connectivity index is 1.83. The summed E-state index contributed by atoms with van der Waals surface area (Å²) < 4.78 is 7.05. The van der Waals surface area contributed by atoms with E-state index in [1.807, 2.05) is 44.1 Å². The lowest BCUT2D eigenvalue weighted by molar-refractivity contribution is 0.374. The van der Waals surface area contributed by atoms with Crippen molar-refractivity contribution in [2.75, 3.05) is 37.5 Å². The van der Waals surface area contributed by atoms with Gasteiger partial charge in [0.25, 0.3) is 0 Å². The molecule has 0 spiro atoms. The zero-order valence-corrected chi connectivity index (χ0v) is 14.0. The van der Waals surface area contributed by atoms with Crippen molar-refractivity contribution in [3.05, 3.63) is 28.7 Å². The summed E-state index contributed by atoms with van der Waals surface area (Å²) in [7, 11) is 4.00. The van der Waals surface area contributed by atoms with Gasteiger partial charge >= 0.3 is 5.76 Å². The number of rotatable bonds is 5. The average Bonchev–Trinajstić information content (AvgIpc) is 2.81. The van der Waals surface area contributed by atoms with Crippen LogP contribution >= 0.6 is 11.8 Å². The molecule has 5 nitrogen and oxygen atoms in total. The lowest BCUT2D eigenvalue weighted by Gasteiger charge is -2.23. The van der Waals surface area contributed by atoms with E-state index in [2.05, 4.69) is 10.2 Å². The number of hydrogen-bond donors (Lipinski definition) is 1. The van der Waals surface area contributed by atoms with Crippen LogP contribution in [0.15, 0.2) is 27.4 Å². The van der Waals surface area contributed by atoms with Gasteiger partial charge in [0.1, 0.15) is 0 Å². The maximum atomic E-state index is 12.0. The first-order chi connectivity index (χ1) is 10.6. The summed E-state index contributed by atoms with van der Waals surface area (Å²) in [6.45, 7) is 1.45. The summed E-state index contributed by atoms with van der Waals surface area (Å²) in [5, 5.41) is 3.59. The van der Waals surface area contributed by atoms with Crippen LogP contribution in [0.4, 0.5) is 5.69 Å². The molecule has 0 aliphatic carbocycles. The van der Waals surface area contributed by atoms with Crippen LogP contribution < -0.4 is 11.1 Å². The Kier molecular flexibility index (Phi) is 4.78. The minimum atomic E-state index is -0.276. The molecule has 1 aromatic carbocycles. The Morgan fingerprint density at radius 1 is 1.45 bits per heavy atom. The van der Waals surface area contributed by atoms with Gasteiger partial charge < -0.3 is 14.6 Å². The molecule has 1 atom stereocenters. The average molecular weight is 321 g/mol. The van der Waals surface area contributed by atoms with Crippen LogP contribution in [0.3, 0.4) is 0 Å². The zero-order valence-electron chi connectivity index (χ0n) is 13.2. The SMILES string of the molecule is CN(C)CCn1c(=O)oc2ccc(N[C@@H]3CCCSC3)cc21. The first kappa shape index (κ1) is 15.5. The number of thioether (sulfide) groups is 1. The van der Waals surface area contributed by atoms with Crippen LogP contribution in [-0.2, 0) is 6.54 Å². The number of nitrogens with one attached hydrogen (secondary N) is 1. The molecule has 22 heavy (non-hydrogen) atoms. The topological polar surface area (TPSA) is 50.4 Å². The summed E-state index contributed by atoms with van der Waals surface area (Å²) in [4.78, 5) is 14.1. The smallest absolute Gasteiger partial charge is 0.408 e. The third-order valence-electron chi connectivity index (χ3n) is 3.97. The fourth-order valence-electron chi connectivity index (χ4n) is 2.75. The van der Waals surface area contributed by atoms with E-state index in [0.717, 1.165) is 23.5 Å². The fourth-order valence-corrected chi connectivity index (χ4v) is 3.83. The first-order valence-corrected chi connectivity index (χ1v) is 8.91. The maximum Gasteiger partial charge on any atom is 0.419 e. The molecule has 1 fully saturated rings. The molecule has 6 heteroatoms. The molecule has 120 valence electrons. The van der Waals surface area contributed by atoms with E-state index >= 15 is 0 Å².